The molecule has 0 bridgehead atoms. The Hall–Kier alpha value is -2.59. The first kappa shape index (κ1) is 22.6. The molecule has 1 amide bonds. The summed E-state index contributed by atoms with van der Waals surface area (Å²) in [7, 11) is 0. The number of aryl methyl sites for hydroxylation is 1. The summed E-state index contributed by atoms with van der Waals surface area (Å²) >= 11 is 9.08. The van der Waals surface area contributed by atoms with Gasteiger partial charge < -0.3 is 5.73 Å². The molecule has 0 aliphatic rings. The number of benzene rings is 1. The quantitative estimate of drug-likeness (QED) is 0.332. The van der Waals surface area contributed by atoms with Crippen molar-refractivity contribution in [3.05, 3.63) is 80.1 Å². The van der Waals surface area contributed by atoms with Crippen LogP contribution in [-0.2, 0) is 31.0 Å². The van der Waals surface area contributed by atoms with Gasteiger partial charge in [0.15, 0.2) is 10.6 Å². The smallest absolute Gasteiger partial charge is 0.237 e. The molecule has 0 unspecified atom stereocenters. The number of carbonyl (C=O) groups excluding carboxylic acids is 1. The first-order valence-corrected chi connectivity index (χ1v) is 12.4. The zero-order valence-electron chi connectivity index (χ0n) is 17.8. The van der Waals surface area contributed by atoms with E-state index in [0.717, 1.165) is 24.4 Å². The molecule has 9 heteroatoms. The van der Waals surface area contributed by atoms with Crippen molar-refractivity contribution in [2.24, 2.45) is 5.73 Å². The molecule has 0 fully saturated rings. The summed E-state index contributed by atoms with van der Waals surface area (Å²) in [6.07, 6.45) is 0.929. The first-order valence-electron chi connectivity index (χ1n) is 10.3. The molecule has 0 aliphatic carbocycles. The minimum Gasteiger partial charge on any atom is -0.368 e. The molecule has 0 saturated carbocycles. The van der Waals surface area contributed by atoms with Gasteiger partial charge in [0.1, 0.15) is 6.54 Å². The molecule has 32 heavy (non-hydrogen) atoms. The van der Waals surface area contributed by atoms with E-state index >= 15 is 0 Å². The van der Waals surface area contributed by atoms with E-state index in [0.29, 0.717) is 17.3 Å². The van der Waals surface area contributed by atoms with E-state index in [1.807, 2.05) is 23.6 Å². The first-order chi connectivity index (χ1) is 15.5. The summed E-state index contributed by atoms with van der Waals surface area (Å²) in [6, 6.07) is 18.7. The van der Waals surface area contributed by atoms with Crippen LogP contribution in [0, 0.1) is 11.7 Å². The fourth-order valence-electron chi connectivity index (χ4n) is 3.53. The Labute approximate surface area is 200 Å². The number of amides is 1. The van der Waals surface area contributed by atoms with Crippen LogP contribution in [0.3, 0.4) is 0 Å². The molecule has 0 aliphatic heterocycles. The molecule has 166 valence electrons. The average molecular weight is 484 g/mol. The van der Waals surface area contributed by atoms with Gasteiger partial charge in [0.2, 0.25) is 5.91 Å². The Morgan fingerprint density at radius 1 is 1.16 bits per heavy atom. The van der Waals surface area contributed by atoms with Gasteiger partial charge in [-0.25, -0.2) is 4.68 Å². The van der Waals surface area contributed by atoms with E-state index in [1.54, 1.807) is 31.9 Å². The van der Waals surface area contributed by atoms with Crippen molar-refractivity contribution in [3.8, 4) is 10.7 Å². The minimum absolute atomic E-state index is 0.0141. The maximum Gasteiger partial charge on any atom is 0.237 e. The predicted molar refractivity (Wildman–Crippen MR) is 133 cm³/mol. The van der Waals surface area contributed by atoms with Gasteiger partial charge in [0, 0.05) is 22.8 Å². The summed E-state index contributed by atoms with van der Waals surface area (Å²) in [4.78, 5) is 17.6. The van der Waals surface area contributed by atoms with Crippen LogP contribution >= 0.6 is 34.9 Å². The fourth-order valence-corrected chi connectivity index (χ4v) is 5.43. The Morgan fingerprint density at radius 2 is 1.97 bits per heavy atom. The standard InChI is InChI=1S/C23H25N5OS3/c1-17-9-10-19(32-17)14-26(12-11-18-6-3-2-4-7-18)16-28-23(30)27(15-21(24)29)22(25-28)20-8-5-13-31-20/h2-10,13H,11-12,14-16H2,1H3,(H2,24,29). The third kappa shape index (κ3) is 5.60. The molecule has 2 N–H and O–H groups in total. The zero-order chi connectivity index (χ0) is 22.5. The number of hydrogen-bond acceptors (Lipinski definition) is 6. The number of aromatic nitrogens is 3. The van der Waals surface area contributed by atoms with E-state index < -0.39 is 5.91 Å². The molecule has 6 nitrogen and oxygen atoms in total. The van der Waals surface area contributed by atoms with Crippen LogP contribution in [0.5, 0.6) is 0 Å². The lowest BCUT2D eigenvalue weighted by atomic mass is 10.1. The highest BCUT2D eigenvalue weighted by molar-refractivity contribution is 7.71. The Kier molecular flexibility index (Phi) is 7.31. The largest absolute Gasteiger partial charge is 0.368 e. The molecule has 4 rings (SSSR count). The van der Waals surface area contributed by atoms with Crippen molar-refractivity contribution in [2.75, 3.05) is 6.54 Å². The summed E-state index contributed by atoms with van der Waals surface area (Å²) in [5, 5.41) is 6.77. The number of nitrogens with zero attached hydrogens (tertiary/aromatic N) is 4. The van der Waals surface area contributed by atoms with Gasteiger partial charge in [-0.15, -0.1) is 27.8 Å². The summed E-state index contributed by atoms with van der Waals surface area (Å²) in [5.41, 5.74) is 6.79. The maximum absolute atomic E-state index is 11.7. The lowest BCUT2D eigenvalue weighted by molar-refractivity contribution is -0.118. The fraction of sp³-hybridized carbons (Fsp3) is 0.261. The van der Waals surface area contributed by atoms with Gasteiger partial charge in [-0.2, -0.15) is 0 Å². The van der Waals surface area contributed by atoms with Crippen LogP contribution in [-0.4, -0.2) is 31.7 Å². The van der Waals surface area contributed by atoms with Crippen LogP contribution in [0.15, 0.2) is 60.0 Å². The minimum atomic E-state index is -0.437. The van der Waals surface area contributed by atoms with Gasteiger partial charge in [-0.1, -0.05) is 36.4 Å². The topological polar surface area (TPSA) is 69.1 Å². The van der Waals surface area contributed by atoms with E-state index in [9.17, 15) is 4.79 Å². The summed E-state index contributed by atoms with van der Waals surface area (Å²) in [5.74, 6) is 0.243. The second-order valence-corrected chi connectivity index (χ2v) is 10.3. The van der Waals surface area contributed by atoms with Crippen LogP contribution in [0.4, 0.5) is 0 Å². The molecule has 0 radical (unpaired) electrons. The van der Waals surface area contributed by atoms with E-state index in [2.05, 4.69) is 48.2 Å². The Morgan fingerprint density at radius 3 is 2.62 bits per heavy atom. The number of carbonyl (C=O) groups is 1. The van der Waals surface area contributed by atoms with Crippen LogP contribution in [0.2, 0.25) is 0 Å². The van der Waals surface area contributed by atoms with Gasteiger partial charge in [-0.3, -0.25) is 14.3 Å². The second kappa shape index (κ2) is 10.4. The molecule has 3 aromatic heterocycles. The molecule has 0 spiro atoms. The van der Waals surface area contributed by atoms with Gasteiger partial charge in [-0.05, 0) is 54.7 Å². The van der Waals surface area contributed by atoms with E-state index in [4.69, 9.17) is 23.1 Å². The monoisotopic (exact) mass is 483 g/mol. The lowest BCUT2D eigenvalue weighted by Crippen LogP contribution is -2.29. The van der Waals surface area contributed by atoms with Gasteiger partial charge in [0.25, 0.3) is 0 Å². The molecule has 0 atom stereocenters. The third-order valence-electron chi connectivity index (χ3n) is 5.05. The van der Waals surface area contributed by atoms with Gasteiger partial charge in [0.05, 0.1) is 11.5 Å². The molecule has 0 saturated heterocycles. The summed E-state index contributed by atoms with van der Waals surface area (Å²) < 4.78 is 4.03. The number of nitrogens with two attached hydrogens (primary N) is 1. The number of thiophene rings is 2. The van der Waals surface area contributed by atoms with Gasteiger partial charge >= 0.3 is 0 Å². The van der Waals surface area contributed by atoms with Crippen LogP contribution in [0.25, 0.3) is 10.7 Å². The predicted octanol–water partition coefficient (Wildman–Crippen LogP) is 4.70. The lowest BCUT2D eigenvalue weighted by Gasteiger charge is -2.21. The normalized spacial score (nSPS) is 11.3. The molecular formula is C23H25N5OS3. The highest BCUT2D eigenvalue weighted by atomic mass is 32.1. The Bertz CT molecular complexity index is 1220. The summed E-state index contributed by atoms with van der Waals surface area (Å²) in [6.45, 7) is 4.34. The van der Waals surface area contributed by atoms with Crippen molar-refractivity contribution in [3.63, 3.8) is 0 Å². The number of hydrogen-bond donors (Lipinski definition) is 1. The molecular weight excluding hydrogens is 458 g/mol. The van der Waals surface area contributed by atoms with E-state index in [-0.39, 0.29) is 6.54 Å². The van der Waals surface area contributed by atoms with Crippen LogP contribution < -0.4 is 5.73 Å². The number of rotatable bonds is 10. The second-order valence-electron chi connectivity index (χ2n) is 7.58. The van der Waals surface area contributed by atoms with Crippen molar-refractivity contribution < 1.29 is 4.79 Å². The van der Waals surface area contributed by atoms with Crippen molar-refractivity contribution in [1.29, 1.82) is 0 Å². The molecule has 4 aromatic rings. The average Bonchev–Trinajstić information content (AvgIpc) is 3.50. The van der Waals surface area contributed by atoms with Crippen molar-refractivity contribution in [1.82, 2.24) is 19.2 Å². The maximum atomic E-state index is 11.7. The van der Waals surface area contributed by atoms with Crippen molar-refractivity contribution in [2.45, 2.75) is 33.1 Å². The molecule has 3 heterocycles. The molecule has 1 aromatic carbocycles. The van der Waals surface area contributed by atoms with E-state index in [1.165, 1.54) is 15.3 Å². The third-order valence-corrected chi connectivity index (χ3v) is 7.33. The van der Waals surface area contributed by atoms with Crippen LogP contribution in [0.1, 0.15) is 15.3 Å². The highest BCUT2D eigenvalue weighted by Crippen LogP contribution is 2.24. The zero-order valence-corrected chi connectivity index (χ0v) is 20.3. The Balaban J connectivity index is 1.61. The SMILES string of the molecule is Cc1ccc(CN(CCc2ccccc2)Cn2nc(-c3cccs3)n(CC(N)=O)c2=S)s1. The number of primary amides is 1. The highest BCUT2D eigenvalue weighted by Gasteiger charge is 2.17. The van der Waals surface area contributed by atoms with Crippen molar-refractivity contribution >= 4 is 40.8 Å².